The summed E-state index contributed by atoms with van der Waals surface area (Å²) in [6.45, 7) is 0.585. The number of benzene rings is 2. The van der Waals surface area contributed by atoms with Crippen LogP contribution in [0.2, 0.25) is 0 Å². The number of amides is 1. The first-order valence-corrected chi connectivity index (χ1v) is 8.32. The SMILES string of the molecule is COc1ccc(CN(C(=O)c2ccc(OC)c(OC)c2)C2CC2)cc1. The van der Waals surface area contributed by atoms with E-state index in [1.807, 2.05) is 29.2 Å². The highest BCUT2D eigenvalue weighted by molar-refractivity contribution is 5.95. The van der Waals surface area contributed by atoms with Crippen molar-refractivity contribution in [3.8, 4) is 17.2 Å². The highest BCUT2D eigenvalue weighted by Crippen LogP contribution is 2.32. The molecular formula is C20H23NO4. The van der Waals surface area contributed by atoms with Gasteiger partial charge in [0.15, 0.2) is 11.5 Å². The number of nitrogens with zero attached hydrogens (tertiary/aromatic N) is 1. The zero-order valence-corrected chi connectivity index (χ0v) is 14.8. The smallest absolute Gasteiger partial charge is 0.254 e. The number of hydrogen-bond acceptors (Lipinski definition) is 4. The Hall–Kier alpha value is -2.69. The fourth-order valence-corrected chi connectivity index (χ4v) is 2.82. The first-order chi connectivity index (χ1) is 12.2. The molecule has 0 N–H and O–H groups in total. The van der Waals surface area contributed by atoms with Crippen LogP contribution in [0.4, 0.5) is 0 Å². The molecule has 0 aliphatic heterocycles. The molecule has 0 saturated heterocycles. The van der Waals surface area contributed by atoms with Gasteiger partial charge in [-0.25, -0.2) is 0 Å². The lowest BCUT2D eigenvalue weighted by atomic mass is 10.1. The van der Waals surface area contributed by atoms with Crippen molar-refractivity contribution in [2.24, 2.45) is 0 Å². The zero-order valence-electron chi connectivity index (χ0n) is 14.8. The highest BCUT2D eigenvalue weighted by atomic mass is 16.5. The molecule has 1 aliphatic rings. The van der Waals surface area contributed by atoms with Gasteiger partial charge in [0.1, 0.15) is 5.75 Å². The van der Waals surface area contributed by atoms with E-state index in [1.54, 1.807) is 39.5 Å². The van der Waals surface area contributed by atoms with Crippen LogP contribution in [-0.2, 0) is 6.54 Å². The molecule has 1 aliphatic carbocycles. The molecule has 0 unspecified atom stereocenters. The minimum atomic E-state index is 0.0132. The average Bonchev–Trinajstić information content (AvgIpc) is 3.50. The molecule has 1 fully saturated rings. The molecule has 25 heavy (non-hydrogen) atoms. The van der Waals surface area contributed by atoms with Crippen LogP contribution in [0, 0.1) is 0 Å². The number of carbonyl (C=O) groups excluding carboxylic acids is 1. The van der Waals surface area contributed by atoms with Crippen molar-refractivity contribution >= 4 is 5.91 Å². The number of ether oxygens (including phenoxy) is 3. The summed E-state index contributed by atoms with van der Waals surface area (Å²) < 4.78 is 15.8. The second kappa shape index (κ2) is 7.47. The van der Waals surface area contributed by atoms with E-state index < -0.39 is 0 Å². The van der Waals surface area contributed by atoms with E-state index in [0.717, 1.165) is 24.2 Å². The third-order valence-electron chi connectivity index (χ3n) is 4.39. The Morgan fingerprint density at radius 2 is 1.64 bits per heavy atom. The molecule has 5 nitrogen and oxygen atoms in total. The molecule has 5 heteroatoms. The van der Waals surface area contributed by atoms with Gasteiger partial charge in [0.05, 0.1) is 21.3 Å². The molecule has 1 amide bonds. The van der Waals surface area contributed by atoms with Crippen LogP contribution >= 0.6 is 0 Å². The Labute approximate surface area is 148 Å². The first kappa shape index (κ1) is 17.1. The molecule has 132 valence electrons. The van der Waals surface area contributed by atoms with Crippen molar-refractivity contribution in [1.29, 1.82) is 0 Å². The standard InChI is InChI=1S/C20H23NO4/c1-23-17-9-4-14(5-10-17)13-21(16-7-8-16)20(22)15-6-11-18(24-2)19(12-15)25-3/h4-6,9-12,16H,7-8,13H2,1-3H3. The van der Waals surface area contributed by atoms with Crippen molar-refractivity contribution in [2.45, 2.75) is 25.4 Å². The molecular weight excluding hydrogens is 318 g/mol. The van der Waals surface area contributed by atoms with Gasteiger partial charge in [-0.3, -0.25) is 4.79 Å². The van der Waals surface area contributed by atoms with Gasteiger partial charge in [-0.1, -0.05) is 12.1 Å². The normalized spacial score (nSPS) is 13.2. The van der Waals surface area contributed by atoms with Gasteiger partial charge in [-0.2, -0.15) is 0 Å². The molecule has 0 atom stereocenters. The van der Waals surface area contributed by atoms with E-state index in [4.69, 9.17) is 14.2 Å². The largest absolute Gasteiger partial charge is 0.497 e. The second-order valence-corrected chi connectivity index (χ2v) is 6.08. The Morgan fingerprint density at radius 3 is 2.20 bits per heavy atom. The summed E-state index contributed by atoms with van der Waals surface area (Å²) in [5.74, 6) is 2.01. The van der Waals surface area contributed by atoms with Gasteiger partial charge >= 0.3 is 0 Å². The zero-order chi connectivity index (χ0) is 17.8. The topological polar surface area (TPSA) is 48.0 Å². The maximum Gasteiger partial charge on any atom is 0.254 e. The number of methoxy groups -OCH3 is 3. The van der Waals surface area contributed by atoms with E-state index in [-0.39, 0.29) is 5.91 Å². The summed E-state index contributed by atoms with van der Waals surface area (Å²) in [5.41, 5.74) is 1.69. The molecule has 0 heterocycles. The Bertz CT molecular complexity index is 738. The predicted octanol–water partition coefficient (Wildman–Crippen LogP) is 3.52. The number of carbonyl (C=O) groups is 1. The molecule has 2 aromatic carbocycles. The number of rotatable bonds is 7. The van der Waals surface area contributed by atoms with Gasteiger partial charge in [-0.05, 0) is 48.7 Å². The van der Waals surface area contributed by atoms with Gasteiger partial charge < -0.3 is 19.1 Å². The minimum Gasteiger partial charge on any atom is -0.497 e. The fourth-order valence-electron chi connectivity index (χ4n) is 2.82. The summed E-state index contributed by atoms with van der Waals surface area (Å²) in [4.78, 5) is 15.0. The maximum absolute atomic E-state index is 13.0. The van der Waals surface area contributed by atoms with E-state index in [0.29, 0.717) is 29.6 Å². The summed E-state index contributed by atoms with van der Waals surface area (Å²) in [5, 5.41) is 0. The van der Waals surface area contributed by atoms with Gasteiger partial charge in [0.25, 0.3) is 5.91 Å². The molecule has 3 rings (SSSR count). The van der Waals surface area contributed by atoms with Gasteiger partial charge in [0.2, 0.25) is 0 Å². The van der Waals surface area contributed by atoms with Crippen LogP contribution in [0.15, 0.2) is 42.5 Å². The maximum atomic E-state index is 13.0. The van der Waals surface area contributed by atoms with E-state index in [2.05, 4.69) is 0 Å². The monoisotopic (exact) mass is 341 g/mol. The summed E-state index contributed by atoms with van der Waals surface area (Å²) in [6, 6.07) is 13.4. The van der Waals surface area contributed by atoms with E-state index >= 15 is 0 Å². The summed E-state index contributed by atoms with van der Waals surface area (Å²) in [6.07, 6.45) is 2.10. The van der Waals surface area contributed by atoms with Crippen molar-refractivity contribution in [1.82, 2.24) is 4.90 Å². The summed E-state index contributed by atoms with van der Waals surface area (Å²) in [7, 11) is 4.80. The molecule has 1 saturated carbocycles. The lowest BCUT2D eigenvalue weighted by molar-refractivity contribution is 0.0729. The van der Waals surface area contributed by atoms with Gasteiger partial charge in [-0.15, -0.1) is 0 Å². The molecule has 0 bridgehead atoms. The van der Waals surface area contributed by atoms with Crippen molar-refractivity contribution in [3.63, 3.8) is 0 Å². The van der Waals surface area contributed by atoms with Crippen LogP contribution in [0.3, 0.4) is 0 Å². The fraction of sp³-hybridized carbons (Fsp3) is 0.350. The minimum absolute atomic E-state index is 0.0132. The molecule has 0 aromatic heterocycles. The van der Waals surface area contributed by atoms with E-state index in [9.17, 15) is 4.79 Å². The highest BCUT2D eigenvalue weighted by Gasteiger charge is 2.33. The first-order valence-electron chi connectivity index (χ1n) is 8.32. The van der Waals surface area contributed by atoms with Crippen LogP contribution in [-0.4, -0.2) is 38.2 Å². The third kappa shape index (κ3) is 3.87. The predicted molar refractivity (Wildman–Crippen MR) is 95.4 cm³/mol. The lowest BCUT2D eigenvalue weighted by Crippen LogP contribution is -2.32. The quantitative estimate of drug-likeness (QED) is 0.773. The Kier molecular flexibility index (Phi) is 5.12. The Morgan fingerprint density at radius 1 is 0.960 bits per heavy atom. The average molecular weight is 341 g/mol. The van der Waals surface area contributed by atoms with Crippen LogP contribution in [0.1, 0.15) is 28.8 Å². The Balaban J connectivity index is 1.81. The van der Waals surface area contributed by atoms with Crippen molar-refractivity contribution in [3.05, 3.63) is 53.6 Å². The van der Waals surface area contributed by atoms with Crippen LogP contribution in [0.5, 0.6) is 17.2 Å². The van der Waals surface area contributed by atoms with Crippen molar-refractivity contribution in [2.75, 3.05) is 21.3 Å². The van der Waals surface area contributed by atoms with Gasteiger partial charge in [0, 0.05) is 18.2 Å². The molecule has 0 spiro atoms. The lowest BCUT2D eigenvalue weighted by Gasteiger charge is -2.23. The third-order valence-corrected chi connectivity index (χ3v) is 4.39. The van der Waals surface area contributed by atoms with Crippen LogP contribution < -0.4 is 14.2 Å². The van der Waals surface area contributed by atoms with Crippen molar-refractivity contribution < 1.29 is 19.0 Å². The molecule has 0 radical (unpaired) electrons. The summed E-state index contributed by atoms with van der Waals surface area (Å²) >= 11 is 0. The van der Waals surface area contributed by atoms with Crippen LogP contribution in [0.25, 0.3) is 0 Å². The molecule has 2 aromatic rings. The number of hydrogen-bond donors (Lipinski definition) is 0. The van der Waals surface area contributed by atoms with E-state index in [1.165, 1.54) is 0 Å². The second-order valence-electron chi connectivity index (χ2n) is 6.08.